The Morgan fingerprint density at radius 3 is 1.66 bits per heavy atom. The van der Waals surface area contributed by atoms with Crippen LogP contribution in [0.2, 0.25) is 0 Å². The standard InChI is InChI=1S/C26H29NO5/c28-24(20-30-17-21-10-4-1-5-11-21)26(32-19-23-14-8-3-9-15-23)25(16-27-29)31-18-22-12-6-2-7-13-22/h1-16,24-26,28-29H,17-20H2/b27-16+/t24-,25-,26-/m1/s1. The Morgan fingerprint density at radius 1 is 0.688 bits per heavy atom. The van der Waals surface area contributed by atoms with Gasteiger partial charge in [-0.1, -0.05) is 96.2 Å². The van der Waals surface area contributed by atoms with Gasteiger partial charge in [0.25, 0.3) is 0 Å². The van der Waals surface area contributed by atoms with Crippen molar-refractivity contribution in [3.8, 4) is 0 Å². The minimum absolute atomic E-state index is 0.0405. The largest absolute Gasteiger partial charge is 0.411 e. The fourth-order valence-electron chi connectivity index (χ4n) is 3.21. The highest BCUT2D eigenvalue weighted by atomic mass is 16.6. The van der Waals surface area contributed by atoms with E-state index in [9.17, 15) is 10.3 Å². The summed E-state index contributed by atoms with van der Waals surface area (Å²) in [7, 11) is 0. The zero-order valence-corrected chi connectivity index (χ0v) is 17.9. The van der Waals surface area contributed by atoms with Crippen LogP contribution in [-0.2, 0) is 34.0 Å². The summed E-state index contributed by atoms with van der Waals surface area (Å²) in [6.45, 7) is 0.956. The SMILES string of the molecule is O/N=C/[C@@H](OCc1ccccc1)[C@H](OCc1ccccc1)[C@H](O)COCc1ccccc1. The predicted octanol–water partition coefficient (Wildman–Crippen LogP) is 4.19. The molecule has 0 aliphatic heterocycles. The van der Waals surface area contributed by atoms with Gasteiger partial charge in [-0.15, -0.1) is 0 Å². The first-order valence-electron chi connectivity index (χ1n) is 10.5. The predicted molar refractivity (Wildman–Crippen MR) is 122 cm³/mol. The number of hydrogen-bond donors (Lipinski definition) is 2. The van der Waals surface area contributed by atoms with E-state index in [-0.39, 0.29) is 19.8 Å². The fourth-order valence-corrected chi connectivity index (χ4v) is 3.21. The molecule has 0 saturated carbocycles. The number of nitrogens with zero attached hydrogens (tertiary/aromatic N) is 1. The monoisotopic (exact) mass is 435 g/mol. The lowest BCUT2D eigenvalue weighted by molar-refractivity contribution is -0.127. The third kappa shape index (κ3) is 7.90. The Morgan fingerprint density at radius 2 is 1.16 bits per heavy atom. The highest BCUT2D eigenvalue weighted by molar-refractivity contribution is 5.63. The average molecular weight is 436 g/mol. The van der Waals surface area contributed by atoms with E-state index >= 15 is 0 Å². The maximum absolute atomic E-state index is 10.9. The van der Waals surface area contributed by atoms with E-state index in [4.69, 9.17) is 14.2 Å². The molecule has 3 aromatic carbocycles. The van der Waals surface area contributed by atoms with E-state index in [1.54, 1.807) is 0 Å². The first-order chi connectivity index (χ1) is 15.8. The minimum atomic E-state index is -0.999. The van der Waals surface area contributed by atoms with Crippen LogP contribution < -0.4 is 0 Å². The van der Waals surface area contributed by atoms with Gasteiger partial charge in [0.1, 0.15) is 18.3 Å². The van der Waals surface area contributed by atoms with Gasteiger partial charge in [0.15, 0.2) is 0 Å². The van der Waals surface area contributed by atoms with Crippen molar-refractivity contribution >= 4 is 6.21 Å². The molecule has 6 nitrogen and oxygen atoms in total. The molecule has 32 heavy (non-hydrogen) atoms. The van der Waals surface area contributed by atoms with Gasteiger partial charge in [0.05, 0.1) is 32.6 Å². The third-order valence-electron chi connectivity index (χ3n) is 4.89. The van der Waals surface area contributed by atoms with Crippen molar-refractivity contribution in [3.63, 3.8) is 0 Å². The zero-order valence-electron chi connectivity index (χ0n) is 17.9. The molecular weight excluding hydrogens is 406 g/mol. The molecule has 2 N–H and O–H groups in total. The Balaban J connectivity index is 1.66. The van der Waals surface area contributed by atoms with Crippen molar-refractivity contribution in [2.45, 2.75) is 38.1 Å². The summed E-state index contributed by atoms with van der Waals surface area (Å²) in [5, 5.41) is 23.2. The second-order valence-electron chi connectivity index (χ2n) is 7.36. The van der Waals surface area contributed by atoms with Gasteiger partial charge >= 0.3 is 0 Å². The lowest BCUT2D eigenvalue weighted by Gasteiger charge is -2.29. The number of hydrogen-bond acceptors (Lipinski definition) is 6. The lowest BCUT2D eigenvalue weighted by Crippen LogP contribution is -2.44. The van der Waals surface area contributed by atoms with Gasteiger partial charge in [-0.05, 0) is 16.7 Å². The van der Waals surface area contributed by atoms with Gasteiger partial charge in [0.2, 0.25) is 0 Å². The van der Waals surface area contributed by atoms with Crippen LogP contribution in [0.25, 0.3) is 0 Å². The van der Waals surface area contributed by atoms with E-state index in [1.165, 1.54) is 6.21 Å². The minimum Gasteiger partial charge on any atom is -0.411 e. The molecule has 0 fully saturated rings. The first-order valence-corrected chi connectivity index (χ1v) is 10.5. The van der Waals surface area contributed by atoms with Crippen LogP contribution in [0.15, 0.2) is 96.2 Å². The zero-order chi connectivity index (χ0) is 22.4. The summed E-state index contributed by atoms with van der Waals surface area (Å²) in [6, 6.07) is 29.0. The van der Waals surface area contributed by atoms with E-state index in [1.807, 2.05) is 91.0 Å². The second-order valence-corrected chi connectivity index (χ2v) is 7.36. The molecule has 0 aromatic heterocycles. The molecule has 0 amide bonds. The molecule has 0 aliphatic carbocycles. The van der Waals surface area contributed by atoms with E-state index in [2.05, 4.69) is 5.16 Å². The third-order valence-corrected chi connectivity index (χ3v) is 4.89. The van der Waals surface area contributed by atoms with Gasteiger partial charge < -0.3 is 24.5 Å². The van der Waals surface area contributed by atoms with Crippen molar-refractivity contribution in [2.75, 3.05) is 6.61 Å². The molecule has 168 valence electrons. The van der Waals surface area contributed by atoms with E-state index < -0.39 is 18.3 Å². The van der Waals surface area contributed by atoms with E-state index in [0.29, 0.717) is 6.61 Å². The summed E-state index contributed by atoms with van der Waals surface area (Å²) in [6.07, 6.45) is -1.34. The van der Waals surface area contributed by atoms with Crippen molar-refractivity contribution in [2.24, 2.45) is 5.16 Å². The molecular formula is C26H29NO5. The van der Waals surface area contributed by atoms with Gasteiger partial charge in [-0.3, -0.25) is 0 Å². The molecule has 0 unspecified atom stereocenters. The molecule has 0 spiro atoms. The topological polar surface area (TPSA) is 80.5 Å². The molecule has 3 atom stereocenters. The maximum Gasteiger partial charge on any atom is 0.125 e. The molecule has 6 heteroatoms. The number of aliphatic hydroxyl groups is 1. The number of oxime groups is 1. The van der Waals surface area contributed by atoms with E-state index in [0.717, 1.165) is 16.7 Å². The molecule has 0 aliphatic rings. The number of rotatable bonds is 13. The van der Waals surface area contributed by atoms with Gasteiger partial charge in [-0.25, -0.2) is 0 Å². The summed E-state index contributed by atoms with van der Waals surface area (Å²) >= 11 is 0. The summed E-state index contributed by atoms with van der Waals surface area (Å²) in [5.41, 5.74) is 2.92. The number of aliphatic hydroxyl groups excluding tert-OH is 1. The normalized spacial score (nSPS) is 14.3. The smallest absolute Gasteiger partial charge is 0.125 e. The average Bonchev–Trinajstić information content (AvgIpc) is 2.84. The van der Waals surface area contributed by atoms with Crippen LogP contribution in [-0.4, -0.2) is 41.4 Å². The number of ether oxygens (including phenoxy) is 3. The Hall–Kier alpha value is -3.03. The van der Waals surface area contributed by atoms with Crippen LogP contribution in [0.5, 0.6) is 0 Å². The van der Waals surface area contributed by atoms with Crippen LogP contribution in [0, 0.1) is 0 Å². The lowest BCUT2D eigenvalue weighted by atomic mass is 10.1. The van der Waals surface area contributed by atoms with Crippen LogP contribution >= 0.6 is 0 Å². The van der Waals surface area contributed by atoms with Gasteiger partial charge in [0, 0.05) is 0 Å². The molecule has 0 saturated heterocycles. The van der Waals surface area contributed by atoms with Crippen molar-refractivity contribution < 1.29 is 24.5 Å². The van der Waals surface area contributed by atoms with Crippen LogP contribution in [0.3, 0.4) is 0 Å². The van der Waals surface area contributed by atoms with Crippen LogP contribution in [0.4, 0.5) is 0 Å². The molecule has 0 heterocycles. The first kappa shape index (κ1) is 23.6. The quantitative estimate of drug-likeness (QED) is 0.239. The fraction of sp³-hybridized carbons (Fsp3) is 0.269. The summed E-state index contributed by atoms with van der Waals surface area (Å²) < 4.78 is 17.7. The molecule has 0 radical (unpaired) electrons. The highest BCUT2D eigenvalue weighted by Crippen LogP contribution is 2.15. The Bertz CT molecular complexity index is 905. The van der Waals surface area contributed by atoms with Crippen LogP contribution in [0.1, 0.15) is 16.7 Å². The highest BCUT2D eigenvalue weighted by Gasteiger charge is 2.30. The van der Waals surface area contributed by atoms with Gasteiger partial charge in [-0.2, -0.15) is 0 Å². The number of benzene rings is 3. The molecule has 0 bridgehead atoms. The summed E-state index contributed by atoms with van der Waals surface area (Å²) in [4.78, 5) is 0. The van der Waals surface area contributed by atoms with Crippen molar-refractivity contribution in [3.05, 3.63) is 108 Å². The Labute approximate surface area is 188 Å². The van der Waals surface area contributed by atoms with Crippen molar-refractivity contribution in [1.29, 1.82) is 0 Å². The Kier molecular flexibility index (Phi) is 9.89. The maximum atomic E-state index is 10.9. The van der Waals surface area contributed by atoms with Crippen molar-refractivity contribution in [1.82, 2.24) is 0 Å². The second kappa shape index (κ2) is 13.4. The molecule has 3 rings (SSSR count). The summed E-state index contributed by atoms with van der Waals surface area (Å²) in [5.74, 6) is 0. The molecule has 3 aromatic rings.